The van der Waals surface area contributed by atoms with Crippen LogP contribution in [0.15, 0.2) is 48.5 Å². The molecule has 2 N–H and O–H groups in total. The fourth-order valence-corrected chi connectivity index (χ4v) is 2.58. The van der Waals surface area contributed by atoms with Crippen molar-refractivity contribution in [3.8, 4) is 5.75 Å². The second-order valence-corrected chi connectivity index (χ2v) is 5.78. The van der Waals surface area contributed by atoms with Crippen LogP contribution in [0.1, 0.15) is 37.9 Å². The molecule has 0 bridgehead atoms. The molecule has 0 fully saturated rings. The summed E-state index contributed by atoms with van der Waals surface area (Å²) in [5, 5.41) is 7.12. The van der Waals surface area contributed by atoms with Gasteiger partial charge in [0.1, 0.15) is 5.75 Å². The maximum Gasteiger partial charge on any atom is 0.171 e. The van der Waals surface area contributed by atoms with Crippen molar-refractivity contribution in [3.05, 3.63) is 59.7 Å². The number of anilines is 1. The van der Waals surface area contributed by atoms with Gasteiger partial charge in [-0.15, -0.1) is 0 Å². The molecule has 0 saturated carbocycles. The first-order valence-corrected chi connectivity index (χ1v) is 8.42. The molecule has 3 nitrogen and oxygen atoms in total. The van der Waals surface area contributed by atoms with E-state index >= 15 is 0 Å². The average Bonchev–Trinajstić information content (AvgIpc) is 2.57. The molecular weight excluding hydrogens is 304 g/mol. The van der Waals surface area contributed by atoms with Crippen molar-refractivity contribution in [2.75, 3.05) is 11.9 Å². The van der Waals surface area contributed by atoms with E-state index in [4.69, 9.17) is 17.0 Å². The summed E-state index contributed by atoms with van der Waals surface area (Å²) in [4.78, 5) is 0. The van der Waals surface area contributed by atoms with E-state index in [1.54, 1.807) is 0 Å². The Morgan fingerprint density at radius 1 is 1.04 bits per heavy atom. The lowest BCUT2D eigenvalue weighted by Gasteiger charge is -2.18. The molecule has 1 atom stereocenters. The normalized spacial score (nSPS) is 11.6. The molecule has 2 rings (SSSR count). The molecule has 0 radical (unpaired) electrons. The van der Waals surface area contributed by atoms with Crippen molar-refractivity contribution in [1.82, 2.24) is 5.32 Å². The van der Waals surface area contributed by atoms with Crippen LogP contribution in [0, 0.1) is 0 Å². The fraction of sp³-hybridized carbons (Fsp3) is 0.316. The monoisotopic (exact) mass is 328 g/mol. The van der Waals surface area contributed by atoms with Gasteiger partial charge >= 0.3 is 0 Å². The Hall–Kier alpha value is -2.07. The number of ether oxygens (including phenoxy) is 1. The van der Waals surface area contributed by atoms with Gasteiger partial charge in [0.25, 0.3) is 0 Å². The maximum atomic E-state index is 5.43. The highest BCUT2D eigenvalue weighted by molar-refractivity contribution is 7.80. The summed E-state index contributed by atoms with van der Waals surface area (Å²) in [5.74, 6) is 0.862. The molecule has 2 aromatic carbocycles. The molecule has 4 heteroatoms. The van der Waals surface area contributed by atoms with Crippen LogP contribution in [0.4, 0.5) is 5.69 Å². The van der Waals surface area contributed by atoms with E-state index in [0.29, 0.717) is 11.7 Å². The SMILES string of the molecule is CCOc1ccc(NC(=S)NC(C)c2ccc(CC)cc2)cc1. The minimum absolute atomic E-state index is 0.156. The van der Waals surface area contributed by atoms with Crippen molar-refractivity contribution in [2.45, 2.75) is 33.2 Å². The number of thiocarbonyl (C=S) groups is 1. The summed E-state index contributed by atoms with van der Waals surface area (Å²) in [6.07, 6.45) is 1.06. The van der Waals surface area contributed by atoms with E-state index in [1.807, 2.05) is 31.2 Å². The number of hydrogen-bond donors (Lipinski definition) is 2. The largest absolute Gasteiger partial charge is 0.494 e. The zero-order valence-corrected chi connectivity index (χ0v) is 14.7. The standard InChI is InChI=1S/C19H24N2OS/c1-4-15-6-8-16(9-7-15)14(3)20-19(23)21-17-10-12-18(13-11-17)22-5-2/h6-14H,4-5H2,1-3H3,(H2,20,21,23). The summed E-state index contributed by atoms with van der Waals surface area (Å²) in [6, 6.07) is 16.6. The Labute approximate surface area is 144 Å². The molecule has 0 aliphatic rings. The van der Waals surface area contributed by atoms with Crippen LogP contribution in [0.2, 0.25) is 0 Å². The third-order valence-electron chi connectivity index (χ3n) is 3.66. The van der Waals surface area contributed by atoms with Gasteiger partial charge in [-0.2, -0.15) is 0 Å². The molecule has 0 aliphatic carbocycles. The predicted molar refractivity (Wildman–Crippen MR) is 101 cm³/mol. The van der Waals surface area contributed by atoms with E-state index in [-0.39, 0.29) is 6.04 Å². The highest BCUT2D eigenvalue weighted by Crippen LogP contribution is 2.17. The van der Waals surface area contributed by atoms with E-state index in [2.05, 4.69) is 48.7 Å². The third kappa shape index (κ3) is 5.25. The van der Waals surface area contributed by atoms with Gasteiger partial charge in [-0.3, -0.25) is 0 Å². The van der Waals surface area contributed by atoms with Crippen molar-refractivity contribution in [2.24, 2.45) is 0 Å². The van der Waals surface area contributed by atoms with E-state index < -0.39 is 0 Å². The molecule has 0 saturated heterocycles. The lowest BCUT2D eigenvalue weighted by atomic mass is 10.1. The van der Waals surface area contributed by atoms with Gasteiger partial charge in [-0.1, -0.05) is 31.2 Å². The van der Waals surface area contributed by atoms with Gasteiger partial charge in [0, 0.05) is 5.69 Å². The Bertz CT molecular complexity index is 623. The quantitative estimate of drug-likeness (QED) is 0.753. The van der Waals surface area contributed by atoms with Crippen molar-refractivity contribution >= 4 is 23.0 Å². The Kier molecular flexibility index (Phi) is 6.41. The van der Waals surface area contributed by atoms with Gasteiger partial charge in [-0.05, 0) is 67.9 Å². The first-order chi connectivity index (χ1) is 11.1. The van der Waals surface area contributed by atoms with Crippen LogP contribution in [0.25, 0.3) is 0 Å². The Morgan fingerprint density at radius 3 is 2.26 bits per heavy atom. The first kappa shape index (κ1) is 17.3. The molecule has 0 aliphatic heterocycles. The minimum atomic E-state index is 0.156. The second-order valence-electron chi connectivity index (χ2n) is 5.37. The molecule has 1 unspecified atom stereocenters. The topological polar surface area (TPSA) is 33.3 Å². The molecule has 0 spiro atoms. The molecule has 0 aromatic heterocycles. The highest BCUT2D eigenvalue weighted by atomic mass is 32.1. The lowest BCUT2D eigenvalue weighted by Crippen LogP contribution is -2.30. The zero-order valence-electron chi connectivity index (χ0n) is 13.9. The highest BCUT2D eigenvalue weighted by Gasteiger charge is 2.07. The number of rotatable bonds is 6. The second kappa shape index (κ2) is 8.53. The maximum absolute atomic E-state index is 5.43. The third-order valence-corrected chi connectivity index (χ3v) is 3.88. The van der Waals surface area contributed by atoms with E-state index in [9.17, 15) is 0 Å². The number of benzene rings is 2. The molecule has 23 heavy (non-hydrogen) atoms. The van der Waals surface area contributed by atoms with Crippen LogP contribution >= 0.6 is 12.2 Å². The van der Waals surface area contributed by atoms with Gasteiger partial charge in [0.05, 0.1) is 12.6 Å². The fourth-order valence-electron chi connectivity index (χ4n) is 2.29. The molecule has 2 aromatic rings. The van der Waals surface area contributed by atoms with Crippen LogP contribution in [-0.2, 0) is 6.42 Å². The predicted octanol–water partition coefficient (Wildman–Crippen LogP) is 4.70. The Balaban J connectivity index is 1.90. The molecular formula is C19H24N2OS. The van der Waals surface area contributed by atoms with Crippen molar-refractivity contribution in [3.63, 3.8) is 0 Å². The van der Waals surface area contributed by atoms with Crippen LogP contribution in [-0.4, -0.2) is 11.7 Å². The smallest absolute Gasteiger partial charge is 0.171 e. The van der Waals surface area contributed by atoms with Gasteiger partial charge < -0.3 is 15.4 Å². The minimum Gasteiger partial charge on any atom is -0.494 e. The van der Waals surface area contributed by atoms with Crippen molar-refractivity contribution < 1.29 is 4.74 Å². The molecule has 0 amide bonds. The van der Waals surface area contributed by atoms with Crippen molar-refractivity contribution in [1.29, 1.82) is 0 Å². The van der Waals surface area contributed by atoms with Crippen LogP contribution in [0.5, 0.6) is 5.75 Å². The summed E-state index contributed by atoms with van der Waals surface area (Å²) < 4.78 is 5.43. The summed E-state index contributed by atoms with van der Waals surface area (Å²) in [5.41, 5.74) is 3.51. The molecule has 122 valence electrons. The van der Waals surface area contributed by atoms with Crippen LogP contribution in [0.3, 0.4) is 0 Å². The summed E-state index contributed by atoms with van der Waals surface area (Å²) in [6.45, 7) is 6.90. The first-order valence-electron chi connectivity index (χ1n) is 8.01. The summed E-state index contributed by atoms with van der Waals surface area (Å²) in [7, 11) is 0. The Morgan fingerprint density at radius 2 is 1.70 bits per heavy atom. The lowest BCUT2D eigenvalue weighted by molar-refractivity contribution is 0.340. The average molecular weight is 328 g/mol. The summed E-state index contributed by atoms with van der Waals surface area (Å²) >= 11 is 5.39. The van der Waals surface area contributed by atoms with Crippen LogP contribution < -0.4 is 15.4 Å². The molecule has 0 heterocycles. The zero-order chi connectivity index (χ0) is 16.7. The van der Waals surface area contributed by atoms with E-state index in [1.165, 1.54) is 11.1 Å². The number of aryl methyl sites for hydroxylation is 1. The van der Waals surface area contributed by atoms with Gasteiger partial charge in [0.15, 0.2) is 5.11 Å². The number of nitrogens with one attached hydrogen (secondary N) is 2. The van der Waals surface area contributed by atoms with Gasteiger partial charge in [0.2, 0.25) is 0 Å². The number of hydrogen-bond acceptors (Lipinski definition) is 2. The van der Waals surface area contributed by atoms with Gasteiger partial charge in [-0.25, -0.2) is 0 Å². The van der Waals surface area contributed by atoms with E-state index in [0.717, 1.165) is 17.9 Å².